The third kappa shape index (κ3) is 3.87. The molecule has 0 saturated heterocycles. The van der Waals surface area contributed by atoms with Crippen LogP contribution in [-0.2, 0) is 9.84 Å². The van der Waals surface area contributed by atoms with E-state index >= 15 is 0 Å². The molecule has 0 aromatic heterocycles. The molecule has 0 aliphatic carbocycles. The predicted octanol–water partition coefficient (Wildman–Crippen LogP) is 3.09. The first-order chi connectivity index (χ1) is 11.0. The SMILES string of the molecule is COc1ccc(S(=O)(=O)/C(C#N)=C\Nc2ccc(F)cc2)cc1. The van der Waals surface area contributed by atoms with Crippen molar-refractivity contribution in [3.8, 4) is 11.8 Å². The minimum absolute atomic E-state index is 0.0213. The standard InChI is InChI=1S/C16H13FN2O3S/c1-22-14-6-8-15(9-7-14)23(20,21)16(10-18)11-19-13-4-2-12(17)3-5-13/h2-9,11,19H,1H3/b16-11-. The Morgan fingerprint density at radius 3 is 2.30 bits per heavy atom. The molecule has 118 valence electrons. The van der Waals surface area contributed by atoms with Crippen LogP contribution >= 0.6 is 0 Å². The Bertz CT molecular complexity index is 852. The lowest BCUT2D eigenvalue weighted by atomic mass is 10.3. The maximum absolute atomic E-state index is 12.8. The summed E-state index contributed by atoms with van der Waals surface area (Å²) in [6.07, 6.45) is 1.08. The van der Waals surface area contributed by atoms with Crippen molar-refractivity contribution in [1.29, 1.82) is 5.26 Å². The molecule has 0 aliphatic rings. The van der Waals surface area contributed by atoms with Gasteiger partial charge in [-0.05, 0) is 48.5 Å². The zero-order valence-electron chi connectivity index (χ0n) is 12.2. The minimum atomic E-state index is -3.95. The summed E-state index contributed by atoms with van der Waals surface area (Å²) in [5.74, 6) is 0.0989. The van der Waals surface area contributed by atoms with E-state index in [-0.39, 0.29) is 4.90 Å². The number of nitriles is 1. The molecule has 0 bridgehead atoms. The molecule has 0 aliphatic heterocycles. The molecular weight excluding hydrogens is 319 g/mol. The Hall–Kier alpha value is -2.85. The van der Waals surface area contributed by atoms with Crippen LogP contribution in [-0.4, -0.2) is 15.5 Å². The molecule has 23 heavy (non-hydrogen) atoms. The van der Waals surface area contributed by atoms with Crippen LogP contribution in [0.5, 0.6) is 5.75 Å². The van der Waals surface area contributed by atoms with Crippen molar-refractivity contribution < 1.29 is 17.5 Å². The number of rotatable bonds is 5. The monoisotopic (exact) mass is 332 g/mol. The summed E-state index contributed by atoms with van der Waals surface area (Å²) in [6.45, 7) is 0. The van der Waals surface area contributed by atoms with E-state index in [1.54, 1.807) is 6.07 Å². The molecule has 0 atom stereocenters. The number of anilines is 1. The molecule has 0 heterocycles. The van der Waals surface area contributed by atoms with Gasteiger partial charge in [0.05, 0.1) is 12.0 Å². The summed E-state index contributed by atoms with van der Waals surface area (Å²) in [5, 5.41) is 11.8. The summed E-state index contributed by atoms with van der Waals surface area (Å²) in [4.78, 5) is -0.473. The van der Waals surface area contributed by atoms with Crippen LogP contribution in [0.1, 0.15) is 0 Å². The fraction of sp³-hybridized carbons (Fsp3) is 0.0625. The lowest BCUT2D eigenvalue weighted by Gasteiger charge is -2.06. The van der Waals surface area contributed by atoms with E-state index in [1.165, 1.54) is 55.6 Å². The van der Waals surface area contributed by atoms with Gasteiger partial charge < -0.3 is 10.1 Å². The number of nitrogens with one attached hydrogen (secondary N) is 1. The summed E-state index contributed by atoms with van der Waals surface area (Å²) in [5.41, 5.74) is 0.462. The van der Waals surface area contributed by atoms with Gasteiger partial charge in [-0.25, -0.2) is 12.8 Å². The van der Waals surface area contributed by atoms with E-state index in [9.17, 15) is 12.8 Å². The molecular formula is C16H13FN2O3S. The second-order valence-electron chi connectivity index (χ2n) is 4.45. The first-order valence-electron chi connectivity index (χ1n) is 6.49. The van der Waals surface area contributed by atoms with Crippen molar-refractivity contribution in [3.63, 3.8) is 0 Å². The second kappa shape index (κ2) is 6.94. The fourth-order valence-electron chi connectivity index (χ4n) is 1.75. The number of allylic oxidation sites excluding steroid dienone is 1. The average Bonchev–Trinajstić information content (AvgIpc) is 2.57. The molecule has 2 aromatic carbocycles. The fourth-order valence-corrected chi connectivity index (χ4v) is 2.83. The highest BCUT2D eigenvalue weighted by molar-refractivity contribution is 7.95. The van der Waals surface area contributed by atoms with Crippen LogP contribution in [0.15, 0.2) is 64.5 Å². The number of ether oxygens (including phenoxy) is 1. The molecule has 0 spiro atoms. The Morgan fingerprint density at radius 2 is 1.78 bits per heavy atom. The summed E-state index contributed by atoms with van der Waals surface area (Å²) < 4.78 is 42.6. The van der Waals surface area contributed by atoms with E-state index in [0.29, 0.717) is 11.4 Å². The van der Waals surface area contributed by atoms with Crippen molar-refractivity contribution in [3.05, 3.63) is 65.5 Å². The average molecular weight is 332 g/mol. The third-order valence-corrected chi connectivity index (χ3v) is 4.66. The minimum Gasteiger partial charge on any atom is -0.497 e. The van der Waals surface area contributed by atoms with Gasteiger partial charge in [-0.1, -0.05) is 0 Å². The first kappa shape index (κ1) is 16.5. The molecule has 0 saturated carbocycles. The van der Waals surface area contributed by atoms with Gasteiger partial charge in [0.1, 0.15) is 17.6 Å². The molecule has 0 radical (unpaired) electrons. The molecule has 1 N–H and O–H groups in total. The van der Waals surface area contributed by atoms with Gasteiger partial charge in [0, 0.05) is 11.9 Å². The van der Waals surface area contributed by atoms with Crippen LogP contribution in [0, 0.1) is 17.1 Å². The molecule has 0 unspecified atom stereocenters. The largest absolute Gasteiger partial charge is 0.497 e. The quantitative estimate of drug-likeness (QED) is 0.851. The maximum Gasteiger partial charge on any atom is 0.218 e. The van der Waals surface area contributed by atoms with Crippen molar-refractivity contribution in [2.45, 2.75) is 4.90 Å². The van der Waals surface area contributed by atoms with Crippen LogP contribution in [0.4, 0.5) is 10.1 Å². The van der Waals surface area contributed by atoms with E-state index in [4.69, 9.17) is 10.00 Å². The number of sulfone groups is 1. The summed E-state index contributed by atoms with van der Waals surface area (Å²) >= 11 is 0. The first-order valence-corrected chi connectivity index (χ1v) is 7.97. The Balaban J connectivity index is 2.29. The number of hydrogen-bond acceptors (Lipinski definition) is 5. The summed E-state index contributed by atoms with van der Waals surface area (Å²) in [7, 11) is -2.48. The second-order valence-corrected chi connectivity index (χ2v) is 6.37. The van der Waals surface area contributed by atoms with E-state index in [2.05, 4.69) is 5.32 Å². The van der Waals surface area contributed by atoms with Crippen molar-refractivity contribution >= 4 is 15.5 Å². The number of nitrogens with zero attached hydrogens (tertiary/aromatic N) is 1. The smallest absolute Gasteiger partial charge is 0.218 e. The Labute approximate surface area is 133 Å². The lowest BCUT2D eigenvalue weighted by Crippen LogP contribution is -2.05. The van der Waals surface area contributed by atoms with E-state index < -0.39 is 20.6 Å². The highest BCUT2D eigenvalue weighted by Crippen LogP contribution is 2.22. The molecule has 0 fully saturated rings. The van der Waals surface area contributed by atoms with Gasteiger partial charge in [0.2, 0.25) is 9.84 Å². The molecule has 7 heteroatoms. The zero-order valence-corrected chi connectivity index (χ0v) is 13.0. The predicted molar refractivity (Wildman–Crippen MR) is 83.9 cm³/mol. The van der Waals surface area contributed by atoms with Gasteiger partial charge in [0.25, 0.3) is 0 Å². The van der Waals surface area contributed by atoms with Crippen LogP contribution in [0.3, 0.4) is 0 Å². The van der Waals surface area contributed by atoms with Gasteiger partial charge >= 0.3 is 0 Å². The molecule has 0 amide bonds. The topological polar surface area (TPSA) is 79.2 Å². The van der Waals surface area contributed by atoms with Crippen LogP contribution < -0.4 is 10.1 Å². The van der Waals surface area contributed by atoms with Crippen molar-refractivity contribution in [2.24, 2.45) is 0 Å². The van der Waals surface area contributed by atoms with Gasteiger partial charge in [-0.2, -0.15) is 5.26 Å². The van der Waals surface area contributed by atoms with Crippen molar-refractivity contribution in [2.75, 3.05) is 12.4 Å². The Morgan fingerprint density at radius 1 is 1.17 bits per heavy atom. The maximum atomic E-state index is 12.8. The van der Waals surface area contributed by atoms with Crippen molar-refractivity contribution in [1.82, 2.24) is 0 Å². The molecule has 2 rings (SSSR count). The van der Waals surface area contributed by atoms with Gasteiger partial charge in [0.15, 0.2) is 4.91 Å². The normalized spacial score (nSPS) is 11.6. The highest BCUT2D eigenvalue weighted by Gasteiger charge is 2.20. The molecule has 2 aromatic rings. The van der Waals surface area contributed by atoms with Crippen LogP contribution in [0.2, 0.25) is 0 Å². The lowest BCUT2D eigenvalue weighted by molar-refractivity contribution is 0.414. The highest BCUT2D eigenvalue weighted by atomic mass is 32.2. The van der Waals surface area contributed by atoms with E-state index in [1.807, 2.05) is 0 Å². The summed E-state index contributed by atoms with van der Waals surface area (Å²) in [6, 6.07) is 12.7. The molecule has 5 nitrogen and oxygen atoms in total. The Kier molecular flexibility index (Phi) is 4.98. The van der Waals surface area contributed by atoms with E-state index in [0.717, 1.165) is 6.20 Å². The zero-order chi connectivity index (χ0) is 16.9. The third-order valence-electron chi connectivity index (χ3n) is 2.98. The van der Waals surface area contributed by atoms with Gasteiger partial charge in [-0.3, -0.25) is 0 Å². The number of methoxy groups -OCH3 is 1. The number of hydrogen-bond donors (Lipinski definition) is 1. The van der Waals surface area contributed by atoms with Crippen LogP contribution in [0.25, 0.3) is 0 Å². The number of halogens is 1. The number of benzene rings is 2. The van der Waals surface area contributed by atoms with Gasteiger partial charge in [-0.15, -0.1) is 0 Å².